The van der Waals surface area contributed by atoms with Crippen molar-refractivity contribution in [3.05, 3.63) is 77.9 Å². The van der Waals surface area contributed by atoms with Crippen molar-refractivity contribution in [1.82, 2.24) is 14.9 Å². The summed E-state index contributed by atoms with van der Waals surface area (Å²) in [7, 11) is 0. The highest BCUT2D eigenvalue weighted by molar-refractivity contribution is 5.89. The molecule has 0 spiro atoms. The molecule has 0 saturated heterocycles. The molecule has 0 aliphatic carbocycles. The van der Waals surface area contributed by atoms with Crippen LogP contribution >= 0.6 is 0 Å². The highest BCUT2D eigenvalue weighted by Crippen LogP contribution is 2.43. The summed E-state index contributed by atoms with van der Waals surface area (Å²) in [5.41, 5.74) is 1.82. The number of rotatable bonds is 5. The largest absolute Gasteiger partial charge is 0.457 e. The van der Waals surface area contributed by atoms with E-state index in [1.165, 1.54) is 0 Å². The van der Waals surface area contributed by atoms with E-state index in [1.54, 1.807) is 6.20 Å². The molecule has 1 aromatic heterocycles. The lowest BCUT2D eigenvalue weighted by molar-refractivity contribution is -0.121. The average Bonchev–Trinajstić information content (AvgIpc) is 3.08. The lowest BCUT2D eigenvalue weighted by Gasteiger charge is -2.27. The number of ether oxygens (including phenoxy) is 1. The predicted octanol–water partition coefficient (Wildman–Crippen LogP) is 3.64. The molecule has 3 aromatic rings. The Morgan fingerprint density at radius 3 is 2.38 bits per heavy atom. The van der Waals surface area contributed by atoms with Crippen LogP contribution in [0.4, 0.5) is 0 Å². The van der Waals surface area contributed by atoms with Gasteiger partial charge >= 0.3 is 0 Å². The molecule has 132 valence electrons. The Labute approximate surface area is 152 Å². The Balaban J connectivity index is 1.48. The number of para-hydroxylation sites is 2. The summed E-state index contributed by atoms with van der Waals surface area (Å²) < 4.78 is 8.04. The average molecular weight is 347 g/mol. The van der Waals surface area contributed by atoms with Gasteiger partial charge in [-0.25, -0.2) is 4.98 Å². The first-order valence-electron chi connectivity index (χ1n) is 8.85. The molecular formula is C21H21N3O2. The van der Waals surface area contributed by atoms with E-state index in [-0.39, 0.29) is 11.8 Å². The van der Waals surface area contributed by atoms with Crippen LogP contribution < -0.4 is 10.1 Å². The van der Waals surface area contributed by atoms with E-state index in [4.69, 9.17) is 4.74 Å². The topological polar surface area (TPSA) is 56.2 Å². The first-order chi connectivity index (χ1) is 12.7. The Bertz CT molecular complexity index is 887. The first kappa shape index (κ1) is 16.4. The van der Waals surface area contributed by atoms with Gasteiger partial charge in [-0.2, -0.15) is 0 Å². The molecule has 0 radical (unpaired) electrons. The van der Waals surface area contributed by atoms with Gasteiger partial charge in [-0.1, -0.05) is 36.4 Å². The number of imidazole rings is 1. The van der Waals surface area contributed by atoms with Crippen molar-refractivity contribution in [1.29, 1.82) is 0 Å². The van der Waals surface area contributed by atoms with Crippen molar-refractivity contribution in [3.63, 3.8) is 0 Å². The quantitative estimate of drug-likeness (QED) is 0.717. The Morgan fingerprint density at radius 1 is 1.12 bits per heavy atom. The fraction of sp³-hybridized carbons (Fsp3) is 0.238. The molecule has 2 aromatic carbocycles. The van der Waals surface area contributed by atoms with Gasteiger partial charge in [0.25, 0.3) is 0 Å². The normalized spacial score (nSPS) is 12.8. The lowest BCUT2D eigenvalue weighted by Crippen LogP contribution is -2.32. The molecule has 26 heavy (non-hydrogen) atoms. The Kier molecular flexibility index (Phi) is 4.44. The van der Waals surface area contributed by atoms with Gasteiger partial charge in [-0.05, 0) is 25.5 Å². The third-order valence-corrected chi connectivity index (χ3v) is 4.74. The van der Waals surface area contributed by atoms with Gasteiger partial charge in [0.1, 0.15) is 17.3 Å². The van der Waals surface area contributed by atoms with Crippen molar-refractivity contribution in [2.24, 2.45) is 0 Å². The molecule has 1 amide bonds. The second kappa shape index (κ2) is 7.04. The van der Waals surface area contributed by atoms with Gasteiger partial charge in [0.2, 0.25) is 5.91 Å². The molecule has 1 aliphatic rings. The number of nitrogens with zero attached hydrogens (tertiary/aromatic N) is 2. The fourth-order valence-corrected chi connectivity index (χ4v) is 3.40. The van der Waals surface area contributed by atoms with Gasteiger partial charge in [-0.3, -0.25) is 4.79 Å². The number of hydrogen-bond donors (Lipinski definition) is 1. The van der Waals surface area contributed by atoms with Crippen LogP contribution in [0.5, 0.6) is 11.5 Å². The molecule has 0 saturated carbocycles. The van der Waals surface area contributed by atoms with Gasteiger partial charge in [0.05, 0.1) is 5.92 Å². The van der Waals surface area contributed by atoms with E-state index < -0.39 is 0 Å². The second-order valence-electron chi connectivity index (χ2n) is 6.42. The van der Waals surface area contributed by atoms with E-state index in [0.717, 1.165) is 41.4 Å². The summed E-state index contributed by atoms with van der Waals surface area (Å²) in [4.78, 5) is 17.2. The SMILES string of the molecule is Cc1nccn1CCCNC(=O)C1c2ccccc2Oc2ccccc21. The maximum absolute atomic E-state index is 13.0. The number of aryl methyl sites for hydroxylation is 2. The van der Waals surface area contributed by atoms with Crippen molar-refractivity contribution in [2.75, 3.05) is 6.54 Å². The third kappa shape index (κ3) is 3.08. The molecule has 1 aliphatic heterocycles. The fourth-order valence-electron chi connectivity index (χ4n) is 3.40. The van der Waals surface area contributed by atoms with Gasteiger partial charge in [-0.15, -0.1) is 0 Å². The minimum Gasteiger partial charge on any atom is -0.457 e. The van der Waals surface area contributed by atoms with E-state index in [2.05, 4.69) is 14.9 Å². The number of aromatic nitrogens is 2. The predicted molar refractivity (Wildman–Crippen MR) is 99.4 cm³/mol. The Hall–Kier alpha value is -3.08. The Morgan fingerprint density at radius 2 is 1.77 bits per heavy atom. The molecule has 4 rings (SSSR count). The monoisotopic (exact) mass is 347 g/mol. The molecule has 5 nitrogen and oxygen atoms in total. The zero-order valence-electron chi connectivity index (χ0n) is 14.7. The minimum atomic E-state index is -0.342. The van der Waals surface area contributed by atoms with E-state index in [1.807, 2.05) is 61.7 Å². The second-order valence-corrected chi connectivity index (χ2v) is 6.42. The number of hydrogen-bond acceptors (Lipinski definition) is 3. The van der Waals surface area contributed by atoms with Gasteiger partial charge in [0.15, 0.2) is 0 Å². The van der Waals surface area contributed by atoms with Crippen LogP contribution in [-0.4, -0.2) is 22.0 Å². The van der Waals surface area contributed by atoms with E-state index in [0.29, 0.717) is 6.54 Å². The van der Waals surface area contributed by atoms with Crippen LogP contribution in [0.3, 0.4) is 0 Å². The molecule has 0 unspecified atom stereocenters. The molecule has 0 bridgehead atoms. The number of benzene rings is 2. The van der Waals surface area contributed by atoms with Gasteiger partial charge < -0.3 is 14.6 Å². The number of nitrogens with one attached hydrogen (secondary N) is 1. The molecule has 5 heteroatoms. The summed E-state index contributed by atoms with van der Waals surface area (Å²) in [6.07, 6.45) is 4.61. The molecule has 0 fully saturated rings. The minimum absolute atomic E-state index is 0.00977. The number of carbonyl (C=O) groups excluding carboxylic acids is 1. The smallest absolute Gasteiger partial charge is 0.232 e. The zero-order chi connectivity index (χ0) is 17.9. The van der Waals surface area contributed by atoms with Crippen molar-refractivity contribution in [3.8, 4) is 11.5 Å². The van der Waals surface area contributed by atoms with Crippen molar-refractivity contribution in [2.45, 2.75) is 25.8 Å². The van der Waals surface area contributed by atoms with Crippen LogP contribution in [0.25, 0.3) is 0 Å². The highest BCUT2D eigenvalue weighted by Gasteiger charge is 2.31. The molecule has 1 N–H and O–H groups in total. The maximum atomic E-state index is 13.0. The summed E-state index contributed by atoms with van der Waals surface area (Å²) in [5.74, 6) is 2.16. The van der Waals surface area contributed by atoms with Crippen LogP contribution in [0.1, 0.15) is 29.3 Å². The summed E-state index contributed by atoms with van der Waals surface area (Å²) in [5, 5.41) is 3.09. The molecule has 2 heterocycles. The summed E-state index contributed by atoms with van der Waals surface area (Å²) in [6, 6.07) is 15.5. The van der Waals surface area contributed by atoms with Crippen molar-refractivity contribution < 1.29 is 9.53 Å². The maximum Gasteiger partial charge on any atom is 0.232 e. The third-order valence-electron chi connectivity index (χ3n) is 4.74. The van der Waals surface area contributed by atoms with Crippen LogP contribution in [0, 0.1) is 6.92 Å². The lowest BCUT2D eigenvalue weighted by atomic mass is 9.87. The van der Waals surface area contributed by atoms with Crippen LogP contribution in [0.15, 0.2) is 60.9 Å². The zero-order valence-corrected chi connectivity index (χ0v) is 14.7. The summed E-state index contributed by atoms with van der Waals surface area (Å²) in [6.45, 7) is 3.44. The number of amides is 1. The molecular weight excluding hydrogens is 326 g/mol. The van der Waals surface area contributed by atoms with E-state index in [9.17, 15) is 4.79 Å². The van der Waals surface area contributed by atoms with Crippen molar-refractivity contribution >= 4 is 5.91 Å². The standard InChI is InChI=1S/C21H21N3O2/c1-15-22-12-14-24(15)13-6-11-23-21(25)20-16-7-2-4-9-18(16)26-19-10-5-3-8-17(19)20/h2-5,7-10,12,14,20H,6,11,13H2,1H3,(H,23,25). The number of fused-ring (bicyclic) bond motifs is 2. The highest BCUT2D eigenvalue weighted by atomic mass is 16.5. The number of carbonyl (C=O) groups is 1. The van der Waals surface area contributed by atoms with Crippen LogP contribution in [0.2, 0.25) is 0 Å². The summed E-state index contributed by atoms with van der Waals surface area (Å²) >= 11 is 0. The first-order valence-corrected chi connectivity index (χ1v) is 8.85. The van der Waals surface area contributed by atoms with E-state index >= 15 is 0 Å². The van der Waals surface area contributed by atoms with Gasteiger partial charge in [0, 0.05) is 36.6 Å². The van der Waals surface area contributed by atoms with Crippen LogP contribution in [-0.2, 0) is 11.3 Å². The molecule has 0 atom stereocenters.